The predicted octanol–water partition coefficient (Wildman–Crippen LogP) is 2.01. The van der Waals surface area contributed by atoms with Crippen molar-refractivity contribution in [2.75, 3.05) is 44.1 Å². The highest BCUT2D eigenvalue weighted by molar-refractivity contribution is 6.17. The molecule has 0 unspecified atom stereocenters. The molecule has 1 fully saturated rings. The topological polar surface area (TPSA) is 24.3 Å². The summed E-state index contributed by atoms with van der Waals surface area (Å²) in [6, 6.07) is 6.48. The zero-order chi connectivity index (χ0) is 14.1. The summed E-state index contributed by atoms with van der Waals surface area (Å²) in [5, 5.41) is 2.40. The number of benzene rings is 1. The largest absolute Gasteiger partial charge is 0.308 e. The third-order valence-electron chi connectivity index (χ3n) is 3.93. The minimum atomic E-state index is 0.607. The fraction of sp³-hybridized carbons (Fsp3) is 0.533. The van der Waals surface area contributed by atoms with Gasteiger partial charge in [0.25, 0.3) is 0 Å². The molecule has 5 heteroatoms. The number of halogens is 1. The van der Waals surface area contributed by atoms with Gasteiger partial charge in [0.15, 0.2) is 0 Å². The van der Waals surface area contributed by atoms with Crippen molar-refractivity contribution in [2.45, 2.75) is 13.3 Å². The molecule has 1 aromatic carbocycles. The van der Waals surface area contributed by atoms with E-state index >= 15 is 0 Å². The van der Waals surface area contributed by atoms with Crippen LogP contribution in [0.4, 0.5) is 0 Å². The zero-order valence-electron chi connectivity index (χ0n) is 12.1. The molecular weight excluding hydrogens is 272 g/mol. The standard InChI is InChI=1S/C15H21ClN4/c1-12-3-4-14-13(11-12)17-15(5-6-16)20(14)19-9-7-18(2)8-10-19/h3-4,11H,5-10H2,1-2H3. The Hall–Kier alpha value is -1.26. The minimum Gasteiger partial charge on any atom is -0.308 e. The van der Waals surface area contributed by atoms with E-state index in [1.54, 1.807) is 0 Å². The van der Waals surface area contributed by atoms with Gasteiger partial charge in [-0.3, -0.25) is 0 Å². The molecule has 1 saturated heterocycles. The summed E-state index contributed by atoms with van der Waals surface area (Å²) < 4.78 is 2.28. The van der Waals surface area contributed by atoms with Crippen LogP contribution >= 0.6 is 11.6 Å². The van der Waals surface area contributed by atoms with Gasteiger partial charge in [0.1, 0.15) is 5.82 Å². The monoisotopic (exact) mass is 292 g/mol. The zero-order valence-corrected chi connectivity index (χ0v) is 12.9. The predicted molar refractivity (Wildman–Crippen MR) is 84.3 cm³/mol. The number of fused-ring (bicyclic) bond motifs is 1. The molecular formula is C15H21ClN4. The first-order chi connectivity index (χ1) is 9.69. The van der Waals surface area contributed by atoms with Crippen LogP contribution < -0.4 is 5.01 Å². The quantitative estimate of drug-likeness (QED) is 0.809. The van der Waals surface area contributed by atoms with Crippen LogP contribution in [0, 0.1) is 6.92 Å². The van der Waals surface area contributed by atoms with Crippen molar-refractivity contribution in [1.29, 1.82) is 0 Å². The first-order valence-corrected chi connectivity index (χ1v) is 7.70. The lowest BCUT2D eigenvalue weighted by atomic mass is 10.2. The first-order valence-electron chi connectivity index (χ1n) is 7.17. The molecule has 0 bridgehead atoms. The van der Waals surface area contributed by atoms with E-state index in [4.69, 9.17) is 16.6 Å². The van der Waals surface area contributed by atoms with Crippen molar-refractivity contribution in [2.24, 2.45) is 0 Å². The molecule has 0 aliphatic carbocycles. The van der Waals surface area contributed by atoms with E-state index in [2.05, 4.69) is 46.8 Å². The van der Waals surface area contributed by atoms with Crippen LogP contribution in [0.5, 0.6) is 0 Å². The number of nitrogens with zero attached hydrogens (tertiary/aromatic N) is 4. The molecule has 0 saturated carbocycles. The molecule has 0 N–H and O–H groups in total. The molecule has 20 heavy (non-hydrogen) atoms. The van der Waals surface area contributed by atoms with Crippen molar-refractivity contribution >= 4 is 22.6 Å². The molecule has 0 radical (unpaired) electrons. The molecule has 0 atom stereocenters. The second-order valence-electron chi connectivity index (χ2n) is 5.53. The molecule has 4 nitrogen and oxygen atoms in total. The van der Waals surface area contributed by atoms with Gasteiger partial charge in [0.2, 0.25) is 0 Å². The minimum absolute atomic E-state index is 0.607. The summed E-state index contributed by atoms with van der Waals surface area (Å²) in [7, 11) is 2.17. The number of hydrogen-bond donors (Lipinski definition) is 0. The summed E-state index contributed by atoms with van der Waals surface area (Å²) in [6.45, 7) is 6.35. The second kappa shape index (κ2) is 5.62. The van der Waals surface area contributed by atoms with Gasteiger partial charge in [-0.25, -0.2) is 9.66 Å². The number of imidazole rings is 1. The summed E-state index contributed by atoms with van der Waals surface area (Å²) >= 11 is 5.95. The van der Waals surface area contributed by atoms with Gasteiger partial charge in [0.05, 0.1) is 11.0 Å². The number of likely N-dealkylation sites (N-methyl/N-ethyl adjacent to an activating group) is 1. The van der Waals surface area contributed by atoms with Gasteiger partial charge < -0.3 is 9.91 Å². The maximum atomic E-state index is 5.95. The summed E-state index contributed by atoms with van der Waals surface area (Å²) in [6.07, 6.45) is 0.807. The van der Waals surface area contributed by atoms with Gasteiger partial charge in [-0.2, -0.15) is 0 Å². The average Bonchev–Trinajstić information content (AvgIpc) is 2.77. The van der Waals surface area contributed by atoms with Crippen LogP contribution in [0.1, 0.15) is 11.4 Å². The highest BCUT2D eigenvalue weighted by Gasteiger charge is 2.19. The number of aryl methyl sites for hydroxylation is 2. The molecule has 3 rings (SSSR count). The van der Waals surface area contributed by atoms with E-state index < -0.39 is 0 Å². The lowest BCUT2D eigenvalue weighted by Gasteiger charge is -2.35. The Morgan fingerprint density at radius 2 is 1.95 bits per heavy atom. The van der Waals surface area contributed by atoms with E-state index in [9.17, 15) is 0 Å². The van der Waals surface area contributed by atoms with Crippen molar-refractivity contribution in [1.82, 2.24) is 14.6 Å². The van der Waals surface area contributed by atoms with Gasteiger partial charge in [0, 0.05) is 38.5 Å². The van der Waals surface area contributed by atoms with Crippen molar-refractivity contribution in [3.05, 3.63) is 29.6 Å². The maximum absolute atomic E-state index is 5.95. The highest BCUT2D eigenvalue weighted by atomic mass is 35.5. The Morgan fingerprint density at radius 1 is 1.20 bits per heavy atom. The van der Waals surface area contributed by atoms with Gasteiger partial charge in [-0.1, -0.05) is 6.07 Å². The van der Waals surface area contributed by atoms with Gasteiger partial charge in [-0.05, 0) is 31.7 Å². The average molecular weight is 293 g/mol. The lowest BCUT2D eigenvalue weighted by molar-refractivity contribution is 0.287. The fourth-order valence-electron chi connectivity index (χ4n) is 2.79. The van der Waals surface area contributed by atoms with E-state index in [-0.39, 0.29) is 0 Å². The number of hydrogen-bond acceptors (Lipinski definition) is 3. The third kappa shape index (κ3) is 2.50. The molecule has 2 heterocycles. The van der Waals surface area contributed by atoms with E-state index in [1.165, 1.54) is 11.1 Å². The fourth-order valence-corrected chi connectivity index (χ4v) is 2.95. The maximum Gasteiger partial charge on any atom is 0.130 e. The SMILES string of the molecule is Cc1ccc2c(c1)nc(CCCl)n2N1CCN(C)CC1. The summed E-state index contributed by atoms with van der Waals surface area (Å²) in [5.41, 5.74) is 3.52. The van der Waals surface area contributed by atoms with Crippen molar-refractivity contribution in [3.63, 3.8) is 0 Å². The molecule has 1 aliphatic heterocycles. The molecule has 0 spiro atoms. The van der Waals surface area contributed by atoms with E-state index in [0.717, 1.165) is 43.9 Å². The third-order valence-corrected chi connectivity index (χ3v) is 4.12. The van der Waals surface area contributed by atoms with Crippen LogP contribution in [0.25, 0.3) is 11.0 Å². The van der Waals surface area contributed by atoms with E-state index in [0.29, 0.717) is 5.88 Å². The number of alkyl halides is 1. The van der Waals surface area contributed by atoms with Crippen LogP contribution in [0.15, 0.2) is 18.2 Å². The summed E-state index contributed by atoms with van der Waals surface area (Å²) in [5.74, 6) is 1.68. The summed E-state index contributed by atoms with van der Waals surface area (Å²) in [4.78, 5) is 7.14. The van der Waals surface area contributed by atoms with E-state index in [1.807, 2.05) is 0 Å². The Morgan fingerprint density at radius 3 is 2.65 bits per heavy atom. The lowest BCUT2D eigenvalue weighted by Crippen LogP contribution is -2.50. The van der Waals surface area contributed by atoms with Crippen molar-refractivity contribution < 1.29 is 0 Å². The Kier molecular flexibility index (Phi) is 3.85. The van der Waals surface area contributed by atoms with Crippen LogP contribution in [0.3, 0.4) is 0 Å². The van der Waals surface area contributed by atoms with Crippen molar-refractivity contribution in [3.8, 4) is 0 Å². The Labute approximate surface area is 124 Å². The Bertz CT molecular complexity index is 599. The number of rotatable bonds is 3. The molecule has 1 aromatic heterocycles. The van der Waals surface area contributed by atoms with Gasteiger partial charge in [-0.15, -0.1) is 11.6 Å². The first kappa shape index (κ1) is 13.7. The molecule has 2 aromatic rings. The van der Waals surface area contributed by atoms with Gasteiger partial charge >= 0.3 is 0 Å². The molecule has 108 valence electrons. The number of piperazine rings is 1. The normalized spacial score (nSPS) is 17.1. The Balaban J connectivity index is 2.04. The number of aromatic nitrogens is 2. The smallest absolute Gasteiger partial charge is 0.130 e. The molecule has 1 aliphatic rings. The highest BCUT2D eigenvalue weighted by Crippen LogP contribution is 2.19. The second-order valence-corrected chi connectivity index (χ2v) is 5.91. The molecule has 0 amide bonds. The van der Waals surface area contributed by atoms with Crippen LogP contribution in [-0.2, 0) is 6.42 Å². The van der Waals surface area contributed by atoms with Crippen LogP contribution in [-0.4, -0.2) is 53.7 Å². The van der Waals surface area contributed by atoms with Crippen LogP contribution in [0.2, 0.25) is 0 Å².